The third kappa shape index (κ3) is 7.49. The number of hydrogen-bond acceptors (Lipinski definition) is 9. The first-order valence-corrected chi connectivity index (χ1v) is 14.5. The van der Waals surface area contributed by atoms with Gasteiger partial charge in [0, 0.05) is 35.1 Å². The largest absolute Gasteiger partial charge is 0.493 e. The van der Waals surface area contributed by atoms with Gasteiger partial charge in [0.2, 0.25) is 11.8 Å². The number of nitrogens with zero attached hydrogens (tertiary/aromatic N) is 1. The Balaban J connectivity index is 1.23. The fourth-order valence-electron chi connectivity index (χ4n) is 4.63. The van der Waals surface area contributed by atoms with Crippen LogP contribution in [0.1, 0.15) is 19.3 Å². The second kappa shape index (κ2) is 14.2. The Morgan fingerprint density at radius 2 is 1.57 bits per heavy atom. The van der Waals surface area contributed by atoms with Crippen LogP contribution in [0.25, 0.3) is 10.9 Å². The van der Waals surface area contributed by atoms with Gasteiger partial charge in [-0.25, -0.2) is 8.78 Å². The lowest BCUT2D eigenvalue weighted by atomic mass is 10.0. The molecule has 1 fully saturated rings. The van der Waals surface area contributed by atoms with Crippen LogP contribution in [-0.2, 0) is 19.1 Å². The Hall–Kier alpha value is -5.30. The number of benzene rings is 3. The highest BCUT2D eigenvalue weighted by Gasteiger charge is 2.56. The zero-order valence-electron chi connectivity index (χ0n) is 25.2. The standard InChI is InChI=1S/C33H32F2N4O7/c1-43-28-17-23-25(18-29(28)45-15-3-13-36-19-30(40)44-2)37-14-10-26(23)46-27-9-8-22(16-24(27)35)39-32(42)33(11-12-33)31(41)38-21-6-4-20(34)5-7-21/h4-10,14,16-18,36H,3,11-13,15,19H2,1-2H3,(H,38,41)(H,39,42). The number of esters is 1. The predicted octanol–water partition coefficient (Wildman–Crippen LogP) is 5.20. The van der Waals surface area contributed by atoms with Crippen LogP contribution in [0.5, 0.6) is 23.0 Å². The Bertz CT molecular complexity index is 1750. The van der Waals surface area contributed by atoms with Gasteiger partial charge in [0.15, 0.2) is 23.1 Å². The SMILES string of the molecule is COC(=O)CNCCCOc1cc2nccc(Oc3ccc(NC(=O)C4(C(=O)Nc5ccc(F)cc5)CC4)cc3F)c2cc1OC. The van der Waals surface area contributed by atoms with E-state index in [0.29, 0.717) is 66.3 Å². The van der Waals surface area contributed by atoms with E-state index in [1.807, 2.05) is 0 Å². The van der Waals surface area contributed by atoms with E-state index in [1.54, 1.807) is 18.2 Å². The summed E-state index contributed by atoms with van der Waals surface area (Å²) in [6.45, 7) is 1.00. The molecule has 2 amide bonds. The lowest BCUT2D eigenvalue weighted by Crippen LogP contribution is -2.35. The van der Waals surface area contributed by atoms with Gasteiger partial charge in [-0.3, -0.25) is 19.4 Å². The number of rotatable bonds is 14. The lowest BCUT2D eigenvalue weighted by Gasteiger charge is -2.16. The number of carbonyl (C=O) groups is 3. The maximum atomic E-state index is 15.2. The van der Waals surface area contributed by atoms with Crippen molar-refractivity contribution in [1.82, 2.24) is 10.3 Å². The maximum Gasteiger partial charge on any atom is 0.319 e. The third-order valence-corrected chi connectivity index (χ3v) is 7.37. The van der Waals surface area contributed by atoms with Gasteiger partial charge in [-0.2, -0.15) is 0 Å². The fourth-order valence-corrected chi connectivity index (χ4v) is 4.63. The van der Waals surface area contributed by atoms with Gasteiger partial charge in [-0.05, 0) is 74.3 Å². The van der Waals surface area contributed by atoms with E-state index >= 15 is 4.39 Å². The molecule has 4 aromatic rings. The Labute approximate surface area is 263 Å². The fraction of sp³-hybridized carbons (Fsp3) is 0.273. The van der Waals surface area contributed by atoms with Gasteiger partial charge in [-0.1, -0.05) is 0 Å². The number of amides is 2. The summed E-state index contributed by atoms with van der Waals surface area (Å²) in [5, 5.41) is 8.76. The Morgan fingerprint density at radius 1 is 0.848 bits per heavy atom. The van der Waals surface area contributed by atoms with E-state index in [0.717, 1.165) is 6.07 Å². The Kier molecular flexibility index (Phi) is 9.91. The highest BCUT2D eigenvalue weighted by atomic mass is 19.1. The number of nitrogens with one attached hydrogen (secondary N) is 3. The minimum absolute atomic E-state index is 0.0977. The van der Waals surface area contributed by atoms with Crippen LogP contribution in [0, 0.1) is 17.0 Å². The molecule has 0 bridgehead atoms. The molecule has 0 spiro atoms. The number of aromatic nitrogens is 1. The van der Waals surface area contributed by atoms with E-state index in [1.165, 1.54) is 56.8 Å². The smallest absolute Gasteiger partial charge is 0.319 e. The van der Waals surface area contributed by atoms with Crippen LogP contribution in [-0.4, -0.2) is 56.7 Å². The molecule has 1 aliphatic rings. The second-order valence-electron chi connectivity index (χ2n) is 10.5. The number of carbonyl (C=O) groups excluding carboxylic acids is 3. The van der Waals surface area contributed by atoms with Crippen molar-refractivity contribution in [1.29, 1.82) is 0 Å². The summed E-state index contributed by atoms with van der Waals surface area (Å²) >= 11 is 0. The summed E-state index contributed by atoms with van der Waals surface area (Å²) in [4.78, 5) is 41.4. The van der Waals surface area contributed by atoms with Crippen molar-refractivity contribution in [2.75, 3.05) is 44.5 Å². The summed E-state index contributed by atoms with van der Waals surface area (Å²) in [5.74, 6) is -1.53. The van der Waals surface area contributed by atoms with Gasteiger partial charge in [0.1, 0.15) is 17.0 Å². The average molecular weight is 635 g/mol. The molecule has 0 aliphatic heterocycles. The van der Waals surface area contributed by atoms with Crippen molar-refractivity contribution in [2.45, 2.75) is 19.3 Å². The van der Waals surface area contributed by atoms with Crippen molar-refractivity contribution >= 4 is 40.1 Å². The van der Waals surface area contributed by atoms with Crippen LogP contribution >= 0.6 is 0 Å². The molecule has 5 rings (SSSR count). The molecular formula is C33H32F2N4O7. The predicted molar refractivity (Wildman–Crippen MR) is 165 cm³/mol. The summed E-state index contributed by atoms with van der Waals surface area (Å²) in [6.07, 6.45) is 2.79. The zero-order valence-corrected chi connectivity index (χ0v) is 25.2. The molecule has 240 valence electrons. The molecular weight excluding hydrogens is 602 g/mol. The second-order valence-corrected chi connectivity index (χ2v) is 10.5. The normalized spacial score (nSPS) is 13.0. The molecule has 0 saturated heterocycles. The summed E-state index contributed by atoms with van der Waals surface area (Å²) in [5.41, 5.74) is -0.252. The molecule has 3 N–H and O–H groups in total. The van der Waals surface area contributed by atoms with Crippen molar-refractivity contribution < 1.29 is 42.1 Å². The van der Waals surface area contributed by atoms with Gasteiger partial charge >= 0.3 is 5.97 Å². The first kappa shape index (κ1) is 32.1. The molecule has 1 aromatic heterocycles. The molecule has 1 aliphatic carbocycles. The van der Waals surface area contributed by atoms with Crippen LogP contribution in [0.15, 0.2) is 66.9 Å². The van der Waals surface area contributed by atoms with Crippen molar-refractivity contribution in [3.05, 3.63) is 78.5 Å². The van der Waals surface area contributed by atoms with E-state index in [-0.39, 0.29) is 24.0 Å². The number of pyridine rings is 1. The highest BCUT2D eigenvalue weighted by Crippen LogP contribution is 2.47. The van der Waals surface area contributed by atoms with Gasteiger partial charge in [-0.15, -0.1) is 0 Å². The van der Waals surface area contributed by atoms with E-state index < -0.39 is 28.9 Å². The number of methoxy groups -OCH3 is 2. The monoisotopic (exact) mass is 634 g/mol. The van der Waals surface area contributed by atoms with Crippen molar-refractivity contribution in [3.8, 4) is 23.0 Å². The van der Waals surface area contributed by atoms with Gasteiger partial charge in [0.05, 0.1) is 32.9 Å². The Morgan fingerprint density at radius 3 is 2.24 bits per heavy atom. The minimum Gasteiger partial charge on any atom is -0.493 e. The van der Waals surface area contributed by atoms with Crippen molar-refractivity contribution in [2.24, 2.45) is 5.41 Å². The number of ether oxygens (including phenoxy) is 4. The average Bonchev–Trinajstić information content (AvgIpc) is 3.87. The van der Waals surface area contributed by atoms with E-state index in [2.05, 4.69) is 25.7 Å². The molecule has 46 heavy (non-hydrogen) atoms. The lowest BCUT2D eigenvalue weighted by molar-refractivity contribution is -0.139. The van der Waals surface area contributed by atoms with Gasteiger partial charge < -0.3 is 34.9 Å². The van der Waals surface area contributed by atoms with Crippen LogP contribution < -0.4 is 30.2 Å². The molecule has 1 saturated carbocycles. The van der Waals surface area contributed by atoms with Crippen LogP contribution in [0.4, 0.5) is 20.2 Å². The molecule has 13 heteroatoms. The summed E-state index contributed by atoms with van der Waals surface area (Å²) in [7, 11) is 2.82. The molecule has 1 heterocycles. The molecule has 0 radical (unpaired) electrons. The number of fused-ring (bicyclic) bond motifs is 1. The van der Waals surface area contributed by atoms with Crippen LogP contribution in [0.3, 0.4) is 0 Å². The highest BCUT2D eigenvalue weighted by molar-refractivity contribution is 6.16. The molecule has 0 atom stereocenters. The first-order chi connectivity index (χ1) is 22.2. The number of anilines is 2. The minimum atomic E-state index is -1.29. The zero-order chi connectivity index (χ0) is 32.7. The van der Waals surface area contributed by atoms with Crippen molar-refractivity contribution in [3.63, 3.8) is 0 Å². The van der Waals surface area contributed by atoms with E-state index in [4.69, 9.17) is 14.2 Å². The maximum absolute atomic E-state index is 15.2. The van der Waals surface area contributed by atoms with Gasteiger partial charge in [0.25, 0.3) is 0 Å². The topological polar surface area (TPSA) is 137 Å². The molecule has 11 nitrogen and oxygen atoms in total. The molecule has 0 unspecified atom stereocenters. The number of halogens is 2. The third-order valence-electron chi connectivity index (χ3n) is 7.37. The molecule has 3 aromatic carbocycles. The first-order valence-electron chi connectivity index (χ1n) is 14.5. The quantitative estimate of drug-likeness (QED) is 0.0971. The van der Waals surface area contributed by atoms with Crippen LogP contribution in [0.2, 0.25) is 0 Å². The van der Waals surface area contributed by atoms with E-state index in [9.17, 15) is 18.8 Å². The summed E-state index contributed by atoms with van der Waals surface area (Å²) < 4.78 is 50.3. The summed E-state index contributed by atoms with van der Waals surface area (Å²) in [6, 6.07) is 14.1. The number of hydrogen-bond donors (Lipinski definition) is 3.